The van der Waals surface area contributed by atoms with Crippen molar-refractivity contribution in [2.75, 3.05) is 0 Å². The molecule has 0 amide bonds. The average molecular weight is 339 g/mol. The number of unbranched alkanes of at least 4 members (excludes halogenated alkanes) is 8. The summed E-state index contributed by atoms with van der Waals surface area (Å²) >= 11 is 0. The van der Waals surface area contributed by atoms with Gasteiger partial charge < -0.3 is 4.79 Å². The second-order valence-electron chi connectivity index (χ2n) is 7.87. The maximum absolute atomic E-state index is 10.5. The summed E-state index contributed by atoms with van der Waals surface area (Å²) in [6.07, 6.45) is 22.7. The van der Waals surface area contributed by atoms with Crippen molar-refractivity contribution in [3.63, 3.8) is 0 Å². The Morgan fingerprint density at radius 1 is 0.833 bits per heavy atom. The van der Waals surface area contributed by atoms with Crippen molar-refractivity contribution in [3.05, 3.63) is 0 Å². The molecule has 142 valence electrons. The van der Waals surface area contributed by atoms with E-state index in [2.05, 4.69) is 24.7 Å². The Kier molecular flexibility index (Phi) is 12.5. The van der Waals surface area contributed by atoms with Crippen molar-refractivity contribution >= 4 is 6.29 Å². The van der Waals surface area contributed by atoms with Gasteiger partial charge in [-0.05, 0) is 25.7 Å². The largest absolute Gasteiger partial charge is 0.302 e. The van der Waals surface area contributed by atoms with Gasteiger partial charge >= 0.3 is 0 Å². The first-order valence-electron chi connectivity index (χ1n) is 10.7. The lowest BCUT2D eigenvalue weighted by atomic mass is 9.77. The van der Waals surface area contributed by atoms with Gasteiger partial charge in [0.1, 0.15) is 6.29 Å². The average Bonchev–Trinajstić information content (AvgIpc) is 2.63. The van der Waals surface area contributed by atoms with Gasteiger partial charge in [-0.1, -0.05) is 90.9 Å². The fourth-order valence-corrected chi connectivity index (χ4v) is 3.90. The van der Waals surface area contributed by atoms with Crippen LogP contribution >= 0.6 is 0 Å². The van der Waals surface area contributed by atoms with E-state index in [0.29, 0.717) is 5.54 Å². The van der Waals surface area contributed by atoms with Crippen LogP contribution in [-0.2, 0) is 4.79 Å². The topological polar surface area (TPSA) is 41.1 Å². The summed E-state index contributed by atoms with van der Waals surface area (Å²) in [7, 11) is 0. The lowest BCUT2D eigenvalue weighted by Crippen LogP contribution is -2.61. The number of hydrogen-bond donors (Lipinski definition) is 2. The molecular weight excluding hydrogens is 296 g/mol. The summed E-state index contributed by atoms with van der Waals surface area (Å²) in [6.45, 7) is 4.55. The molecule has 1 spiro atoms. The van der Waals surface area contributed by atoms with Crippen molar-refractivity contribution in [3.8, 4) is 0 Å². The van der Waals surface area contributed by atoms with Crippen molar-refractivity contribution in [1.29, 1.82) is 0 Å². The molecule has 3 nitrogen and oxygen atoms in total. The molecule has 1 atom stereocenters. The molecule has 3 heteroatoms. The van der Waals surface area contributed by atoms with Crippen LogP contribution in [0.15, 0.2) is 0 Å². The van der Waals surface area contributed by atoms with E-state index in [1.807, 2.05) is 0 Å². The van der Waals surface area contributed by atoms with Gasteiger partial charge in [0.15, 0.2) is 0 Å². The highest BCUT2D eigenvalue weighted by Gasteiger charge is 2.35. The first-order valence-corrected chi connectivity index (χ1v) is 10.7. The molecule has 1 aliphatic carbocycles. The summed E-state index contributed by atoms with van der Waals surface area (Å²) in [6, 6.07) is 0.0348. The van der Waals surface area contributed by atoms with Crippen LogP contribution in [0.4, 0.5) is 0 Å². The molecule has 1 heterocycles. The van der Waals surface area contributed by atoms with Gasteiger partial charge in [0.05, 0.1) is 6.04 Å². The molecule has 0 aromatic carbocycles. The molecule has 1 saturated heterocycles. The Bertz CT molecular complexity index is 282. The van der Waals surface area contributed by atoms with Gasteiger partial charge in [-0.25, -0.2) is 5.43 Å². The third-order valence-electron chi connectivity index (χ3n) is 5.64. The monoisotopic (exact) mass is 338 g/mol. The van der Waals surface area contributed by atoms with E-state index in [1.54, 1.807) is 0 Å². The van der Waals surface area contributed by atoms with Crippen LogP contribution < -0.4 is 10.9 Å². The van der Waals surface area contributed by atoms with Crippen LogP contribution in [-0.4, -0.2) is 17.9 Å². The number of hydrazine groups is 1. The summed E-state index contributed by atoms with van der Waals surface area (Å²) in [4.78, 5) is 10.5. The number of nitrogens with one attached hydrogen (secondary N) is 2. The molecule has 24 heavy (non-hydrogen) atoms. The molecule has 0 aromatic heterocycles. The van der Waals surface area contributed by atoms with E-state index in [4.69, 9.17) is 0 Å². The van der Waals surface area contributed by atoms with Crippen molar-refractivity contribution in [2.24, 2.45) is 0 Å². The maximum atomic E-state index is 10.5. The molecular formula is C21H42N2O. The van der Waals surface area contributed by atoms with Gasteiger partial charge in [0.2, 0.25) is 0 Å². The summed E-state index contributed by atoms with van der Waals surface area (Å²) in [5.74, 6) is 0. The lowest BCUT2D eigenvalue weighted by molar-refractivity contribution is -0.111. The third kappa shape index (κ3) is 9.17. The number of carbonyl (C=O) groups excluding carboxylic acids is 1. The van der Waals surface area contributed by atoms with E-state index >= 15 is 0 Å². The summed E-state index contributed by atoms with van der Waals surface area (Å²) < 4.78 is 0. The second kappa shape index (κ2) is 13.8. The molecule has 1 aliphatic heterocycles. The summed E-state index contributed by atoms with van der Waals surface area (Å²) in [5.41, 5.74) is 6.78. The van der Waals surface area contributed by atoms with E-state index in [1.165, 1.54) is 89.9 Å². The van der Waals surface area contributed by atoms with Gasteiger partial charge in [0.25, 0.3) is 0 Å². The van der Waals surface area contributed by atoms with Crippen LogP contribution in [0.2, 0.25) is 0 Å². The van der Waals surface area contributed by atoms with Crippen LogP contribution in [0.25, 0.3) is 0 Å². The van der Waals surface area contributed by atoms with Crippen molar-refractivity contribution in [1.82, 2.24) is 10.9 Å². The summed E-state index contributed by atoms with van der Waals surface area (Å²) in [5, 5.41) is 0. The third-order valence-corrected chi connectivity index (χ3v) is 5.64. The molecule has 1 unspecified atom stereocenters. The Balaban J connectivity index is 0.000000245. The maximum Gasteiger partial charge on any atom is 0.138 e. The predicted octanol–water partition coefficient (Wildman–Crippen LogP) is 5.68. The first kappa shape index (κ1) is 21.6. The number of aldehydes is 1. The minimum absolute atomic E-state index is 0.0348. The Hall–Kier alpha value is -0.410. The minimum atomic E-state index is 0.0348. The zero-order valence-electron chi connectivity index (χ0n) is 16.4. The van der Waals surface area contributed by atoms with Gasteiger partial charge in [-0.3, -0.25) is 5.43 Å². The van der Waals surface area contributed by atoms with Crippen LogP contribution in [0.3, 0.4) is 0 Å². The smallest absolute Gasteiger partial charge is 0.138 e. The zero-order chi connectivity index (χ0) is 17.5. The van der Waals surface area contributed by atoms with Gasteiger partial charge in [-0.15, -0.1) is 0 Å². The van der Waals surface area contributed by atoms with E-state index in [9.17, 15) is 4.79 Å². The van der Waals surface area contributed by atoms with E-state index in [0.717, 1.165) is 19.1 Å². The quantitative estimate of drug-likeness (QED) is 0.419. The van der Waals surface area contributed by atoms with E-state index < -0.39 is 0 Å². The SMILES string of the molecule is CCCCCCCCCCC.O=CC1CCC2(CCCCC2)NN1. The molecule has 0 radical (unpaired) electrons. The van der Waals surface area contributed by atoms with Gasteiger partial charge in [-0.2, -0.15) is 0 Å². The van der Waals surface area contributed by atoms with Crippen LogP contribution in [0.1, 0.15) is 117 Å². The van der Waals surface area contributed by atoms with Crippen molar-refractivity contribution < 1.29 is 4.79 Å². The highest BCUT2D eigenvalue weighted by atomic mass is 16.1. The number of rotatable bonds is 9. The van der Waals surface area contributed by atoms with Crippen molar-refractivity contribution in [2.45, 2.75) is 128 Å². The van der Waals surface area contributed by atoms with Crippen LogP contribution in [0, 0.1) is 0 Å². The highest BCUT2D eigenvalue weighted by molar-refractivity contribution is 5.57. The normalized spacial score (nSPS) is 22.7. The Morgan fingerprint density at radius 3 is 1.79 bits per heavy atom. The predicted molar refractivity (Wildman–Crippen MR) is 104 cm³/mol. The fourth-order valence-electron chi connectivity index (χ4n) is 3.90. The molecule has 2 rings (SSSR count). The highest BCUT2D eigenvalue weighted by Crippen LogP contribution is 2.33. The lowest BCUT2D eigenvalue weighted by Gasteiger charge is -2.43. The molecule has 2 aliphatic rings. The molecule has 2 fully saturated rings. The minimum Gasteiger partial charge on any atom is -0.302 e. The number of carbonyl (C=O) groups is 1. The zero-order valence-corrected chi connectivity index (χ0v) is 16.4. The van der Waals surface area contributed by atoms with Crippen LogP contribution in [0.5, 0.6) is 0 Å². The molecule has 1 saturated carbocycles. The Morgan fingerprint density at radius 2 is 1.38 bits per heavy atom. The van der Waals surface area contributed by atoms with E-state index in [-0.39, 0.29) is 6.04 Å². The molecule has 0 bridgehead atoms. The first-order chi connectivity index (χ1) is 11.8. The second-order valence-corrected chi connectivity index (χ2v) is 7.87. The number of hydrogen-bond acceptors (Lipinski definition) is 3. The standard InChI is InChI=1S/C11H24.C10H18N2O/c1-3-5-7-9-11-10-8-6-4-2;13-8-9-4-7-10(12-11-9)5-2-1-3-6-10/h3-11H2,1-2H3;8-9,11-12H,1-7H2. The fraction of sp³-hybridized carbons (Fsp3) is 0.952. The molecule has 0 aromatic rings. The Labute approximate surface area is 150 Å². The van der Waals surface area contributed by atoms with Gasteiger partial charge in [0, 0.05) is 5.54 Å². The molecule has 2 N–H and O–H groups in total.